The molecule has 0 radical (unpaired) electrons. The first kappa shape index (κ1) is 25.3. The minimum absolute atomic E-state index is 0.0152. The van der Waals surface area contributed by atoms with Crippen LogP contribution in [0.2, 0.25) is 0 Å². The summed E-state index contributed by atoms with van der Waals surface area (Å²) in [5.41, 5.74) is 1.22. The lowest BCUT2D eigenvalue weighted by molar-refractivity contribution is 0.0937. The van der Waals surface area contributed by atoms with Crippen LogP contribution in [0, 0.1) is 5.82 Å². The van der Waals surface area contributed by atoms with Crippen LogP contribution >= 0.6 is 12.2 Å². The Labute approximate surface area is 200 Å². The minimum Gasteiger partial charge on any atom is -0.376 e. The zero-order valence-electron chi connectivity index (χ0n) is 19.0. The van der Waals surface area contributed by atoms with E-state index < -0.39 is 15.7 Å². The van der Waals surface area contributed by atoms with Gasteiger partial charge < -0.3 is 19.5 Å². The first-order chi connectivity index (χ1) is 15.7. The highest BCUT2D eigenvalue weighted by atomic mass is 32.2. The molecule has 7 nitrogen and oxygen atoms in total. The maximum absolute atomic E-state index is 13.3. The molecule has 33 heavy (non-hydrogen) atoms. The molecule has 2 aromatic rings. The number of hydrogen-bond acceptors (Lipinski definition) is 5. The Morgan fingerprint density at radius 2 is 2.15 bits per heavy atom. The van der Waals surface area contributed by atoms with Crippen LogP contribution in [0.1, 0.15) is 37.9 Å². The Bertz CT molecular complexity index is 1060. The molecule has 1 aromatic carbocycles. The number of aromatic nitrogens is 2. The molecule has 3 rings (SSSR count). The number of sulfone groups is 1. The smallest absolute Gasteiger partial charge is 0.228 e. The summed E-state index contributed by atoms with van der Waals surface area (Å²) < 4.78 is 47.4. The van der Waals surface area contributed by atoms with Gasteiger partial charge in [0, 0.05) is 19.2 Å². The summed E-state index contributed by atoms with van der Waals surface area (Å²) in [6.45, 7) is 9.74. The van der Waals surface area contributed by atoms with Crippen LogP contribution in [-0.2, 0) is 33.4 Å². The molecule has 1 aliphatic heterocycles. The Hall–Kier alpha value is -2.30. The molecule has 0 amide bonds. The van der Waals surface area contributed by atoms with Crippen LogP contribution in [0.5, 0.6) is 0 Å². The molecule has 0 unspecified atom stereocenters. The van der Waals surface area contributed by atoms with Crippen LogP contribution in [0.3, 0.4) is 0 Å². The van der Waals surface area contributed by atoms with Gasteiger partial charge in [-0.2, -0.15) is 0 Å². The van der Waals surface area contributed by atoms with Crippen LogP contribution < -0.4 is 5.32 Å². The summed E-state index contributed by atoms with van der Waals surface area (Å²) >= 11 is 5.54. The van der Waals surface area contributed by atoms with Crippen LogP contribution in [0.25, 0.3) is 0 Å². The van der Waals surface area contributed by atoms with E-state index in [1.54, 1.807) is 16.8 Å². The van der Waals surface area contributed by atoms with Crippen molar-refractivity contribution < 1.29 is 17.5 Å². The zero-order chi connectivity index (χ0) is 24.0. The van der Waals surface area contributed by atoms with Crippen molar-refractivity contribution >= 4 is 27.2 Å². The summed E-state index contributed by atoms with van der Waals surface area (Å²) in [5.74, 6) is -0.675. The SMILES string of the molecule is C=CCN(Cc1cnc(S(=O)(=O)Cc2ccc(F)cc2)n1C[C@H]1CCCO1)C(=S)NC(C)C. The zero-order valence-corrected chi connectivity index (χ0v) is 20.7. The predicted octanol–water partition coefficient (Wildman–Crippen LogP) is 3.45. The van der Waals surface area contributed by atoms with Crippen molar-refractivity contribution in [1.29, 1.82) is 0 Å². The summed E-state index contributed by atoms with van der Waals surface area (Å²) in [6.07, 6.45) is 5.06. The fourth-order valence-electron chi connectivity index (χ4n) is 3.73. The number of rotatable bonds is 10. The number of ether oxygens (including phenoxy) is 1. The lowest BCUT2D eigenvalue weighted by atomic mass is 10.2. The third kappa shape index (κ3) is 6.84. The van der Waals surface area contributed by atoms with E-state index in [0.29, 0.717) is 36.9 Å². The number of hydrogen-bond donors (Lipinski definition) is 1. The van der Waals surface area contributed by atoms with Crippen molar-refractivity contribution in [1.82, 2.24) is 19.8 Å². The molecule has 1 fully saturated rings. The molecular weight excluding hydrogens is 463 g/mol. The average Bonchev–Trinajstić information content (AvgIpc) is 3.40. The van der Waals surface area contributed by atoms with Gasteiger partial charge in [0.25, 0.3) is 0 Å². The lowest BCUT2D eigenvalue weighted by Crippen LogP contribution is -2.42. The number of nitrogens with zero attached hydrogens (tertiary/aromatic N) is 3. The van der Waals surface area contributed by atoms with Crippen LogP contribution in [0.15, 0.2) is 48.3 Å². The molecular formula is C23H31FN4O3S2. The van der Waals surface area contributed by atoms with E-state index in [1.807, 2.05) is 18.7 Å². The van der Waals surface area contributed by atoms with E-state index in [1.165, 1.54) is 24.3 Å². The molecule has 10 heteroatoms. The summed E-state index contributed by atoms with van der Waals surface area (Å²) in [5, 5.41) is 3.77. The number of halogens is 1. The van der Waals surface area contributed by atoms with Crippen LogP contribution in [0.4, 0.5) is 4.39 Å². The number of benzene rings is 1. The van der Waals surface area contributed by atoms with Gasteiger partial charge in [-0.05, 0) is 56.6 Å². The van der Waals surface area contributed by atoms with Crippen molar-refractivity contribution in [2.24, 2.45) is 0 Å². The normalized spacial score (nSPS) is 16.2. The van der Waals surface area contributed by atoms with Crippen molar-refractivity contribution in [3.8, 4) is 0 Å². The molecule has 2 heterocycles. The Morgan fingerprint density at radius 3 is 2.76 bits per heavy atom. The standard InChI is InChI=1S/C23H31FN4O3S2/c1-4-11-27(22(32)26-17(2)3)14-20-13-25-23(28(20)15-21-6-5-12-31-21)33(29,30)16-18-7-9-19(24)10-8-18/h4,7-10,13,17,21H,1,5-6,11-12,14-16H2,2-3H3,(H,26,32)/t21-/m1/s1. The van der Waals surface area contributed by atoms with Crippen molar-refractivity contribution in [2.75, 3.05) is 13.2 Å². The molecule has 0 spiro atoms. The largest absolute Gasteiger partial charge is 0.376 e. The van der Waals surface area contributed by atoms with E-state index in [9.17, 15) is 12.8 Å². The predicted molar refractivity (Wildman–Crippen MR) is 130 cm³/mol. The van der Waals surface area contributed by atoms with Crippen molar-refractivity contribution in [2.45, 2.75) is 62.8 Å². The molecule has 0 aliphatic carbocycles. The highest BCUT2D eigenvalue weighted by Gasteiger charge is 2.28. The second-order valence-electron chi connectivity index (χ2n) is 8.44. The first-order valence-corrected chi connectivity index (χ1v) is 13.0. The van der Waals surface area contributed by atoms with Crippen molar-refractivity contribution in [3.63, 3.8) is 0 Å². The number of imidazole rings is 1. The number of thiocarbonyl (C=S) groups is 1. The fraction of sp³-hybridized carbons (Fsp3) is 0.478. The third-order valence-corrected chi connectivity index (χ3v) is 7.23. The summed E-state index contributed by atoms with van der Waals surface area (Å²) in [7, 11) is -3.78. The van der Waals surface area contributed by atoms with Gasteiger partial charge in [0.05, 0.1) is 36.8 Å². The highest BCUT2D eigenvalue weighted by Crippen LogP contribution is 2.22. The van der Waals surface area contributed by atoms with Gasteiger partial charge in [-0.15, -0.1) is 6.58 Å². The second kappa shape index (κ2) is 11.2. The maximum Gasteiger partial charge on any atom is 0.228 e. The Balaban J connectivity index is 1.92. The summed E-state index contributed by atoms with van der Waals surface area (Å²) in [4.78, 5) is 6.22. The van der Waals surface area contributed by atoms with Gasteiger partial charge in [0.15, 0.2) is 5.11 Å². The highest BCUT2D eigenvalue weighted by molar-refractivity contribution is 7.90. The molecule has 1 atom stereocenters. The Morgan fingerprint density at radius 1 is 1.42 bits per heavy atom. The molecule has 1 aliphatic rings. The number of nitrogens with one attached hydrogen (secondary N) is 1. The van der Waals surface area contributed by atoms with E-state index in [4.69, 9.17) is 17.0 Å². The van der Waals surface area contributed by atoms with E-state index >= 15 is 0 Å². The maximum atomic E-state index is 13.3. The van der Waals surface area contributed by atoms with E-state index in [2.05, 4.69) is 16.9 Å². The van der Waals surface area contributed by atoms with Crippen molar-refractivity contribution in [3.05, 3.63) is 60.2 Å². The molecule has 180 valence electrons. The molecule has 1 aromatic heterocycles. The molecule has 0 bridgehead atoms. The van der Waals surface area contributed by atoms with E-state index in [0.717, 1.165) is 18.5 Å². The monoisotopic (exact) mass is 494 g/mol. The van der Waals surface area contributed by atoms with Gasteiger partial charge in [-0.3, -0.25) is 0 Å². The second-order valence-corrected chi connectivity index (χ2v) is 10.7. The van der Waals surface area contributed by atoms with Gasteiger partial charge in [-0.1, -0.05) is 18.2 Å². The van der Waals surface area contributed by atoms with Crippen LogP contribution in [-0.4, -0.2) is 53.3 Å². The molecule has 0 saturated carbocycles. The first-order valence-electron chi connectivity index (χ1n) is 11.0. The minimum atomic E-state index is -3.78. The van der Waals surface area contributed by atoms with E-state index in [-0.39, 0.29) is 23.1 Å². The quantitative estimate of drug-likeness (QED) is 0.401. The average molecular weight is 495 g/mol. The van der Waals surface area contributed by atoms with Gasteiger partial charge in [-0.25, -0.2) is 17.8 Å². The lowest BCUT2D eigenvalue weighted by Gasteiger charge is -2.27. The third-order valence-electron chi connectivity index (χ3n) is 5.26. The topological polar surface area (TPSA) is 76.5 Å². The van der Waals surface area contributed by atoms with Gasteiger partial charge >= 0.3 is 0 Å². The van der Waals surface area contributed by atoms with Gasteiger partial charge in [0.1, 0.15) is 5.82 Å². The fourth-order valence-corrected chi connectivity index (χ4v) is 5.60. The molecule has 1 N–H and O–H groups in total. The molecule has 1 saturated heterocycles. The van der Waals surface area contributed by atoms with Gasteiger partial charge in [0.2, 0.25) is 15.0 Å². The summed E-state index contributed by atoms with van der Waals surface area (Å²) in [6, 6.07) is 5.62. The Kier molecular flexibility index (Phi) is 8.61.